The summed E-state index contributed by atoms with van der Waals surface area (Å²) in [4.78, 5) is 4.49. The number of ether oxygens (including phenoxy) is 1. The fourth-order valence-electron chi connectivity index (χ4n) is 2.52. The first-order valence-corrected chi connectivity index (χ1v) is 7.75. The Bertz CT molecular complexity index is 704. The van der Waals surface area contributed by atoms with Crippen LogP contribution in [0.1, 0.15) is 20.1 Å². The molecule has 22 heavy (non-hydrogen) atoms. The third-order valence-corrected chi connectivity index (χ3v) is 4.25. The normalized spacial score (nSPS) is 25.3. The van der Waals surface area contributed by atoms with Gasteiger partial charge in [-0.25, -0.2) is 4.98 Å². The summed E-state index contributed by atoms with van der Waals surface area (Å²) in [5.74, 6) is 0.529. The Balaban J connectivity index is 2.18. The molecule has 3 N–H and O–H groups in total. The van der Waals surface area contributed by atoms with Crippen LogP contribution in [0.25, 0.3) is 11.0 Å². The summed E-state index contributed by atoms with van der Waals surface area (Å²) in [5, 5.41) is 23.9. The Morgan fingerprint density at radius 3 is 2.59 bits per heavy atom. The van der Waals surface area contributed by atoms with Crippen LogP contribution in [0.2, 0.25) is 10.0 Å². The van der Waals surface area contributed by atoms with E-state index in [1.165, 1.54) is 0 Å². The highest BCUT2D eigenvalue weighted by atomic mass is 35.5. The SMILES string of the molecule is CC(C)Nc1nc2cc(Cl)c(Cl)cc2n1[C@H]1OCC(O)[C@@H]1O. The number of nitrogens with one attached hydrogen (secondary N) is 1. The number of nitrogens with zero attached hydrogens (tertiary/aromatic N) is 2. The van der Waals surface area contributed by atoms with E-state index in [0.29, 0.717) is 27.0 Å². The highest BCUT2D eigenvalue weighted by molar-refractivity contribution is 6.42. The van der Waals surface area contributed by atoms with Crippen molar-refractivity contribution in [3.63, 3.8) is 0 Å². The zero-order valence-corrected chi connectivity index (χ0v) is 13.6. The number of hydrogen-bond acceptors (Lipinski definition) is 5. The highest BCUT2D eigenvalue weighted by Gasteiger charge is 2.38. The van der Waals surface area contributed by atoms with E-state index in [2.05, 4.69) is 10.3 Å². The van der Waals surface area contributed by atoms with E-state index in [9.17, 15) is 10.2 Å². The molecule has 1 aliphatic heterocycles. The Morgan fingerprint density at radius 2 is 2.00 bits per heavy atom. The van der Waals surface area contributed by atoms with Crippen molar-refractivity contribution in [2.75, 3.05) is 11.9 Å². The van der Waals surface area contributed by atoms with Crippen molar-refractivity contribution in [3.05, 3.63) is 22.2 Å². The molecular weight excluding hydrogens is 329 g/mol. The molecule has 2 aromatic rings. The molecule has 1 fully saturated rings. The second-order valence-corrected chi connectivity index (χ2v) is 6.46. The van der Waals surface area contributed by atoms with Gasteiger partial charge in [0.15, 0.2) is 6.23 Å². The van der Waals surface area contributed by atoms with Crippen LogP contribution in [0.5, 0.6) is 0 Å². The Kier molecular flexibility index (Phi) is 4.22. The van der Waals surface area contributed by atoms with Crippen LogP contribution in [-0.4, -0.2) is 44.6 Å². The van der Waals surface area contributed by atoms with Gasteiger partial charge in [0.05, 0.1) is 27.7 Å². The number of anilines is 1. The monoisotopic (exact) mass is 345 g/mol. The number of imidazole rings is 1. The van der Waals surface area contributed by atoms with Gasteiger partial charge in [0.1, 0.15) is 12.2 Å². The first kappa shape index (κ1) is 15.8. The molecular formula is C14H17Cl2N3O3. The molecule has 1 aromatic heterocycles. The lowest BCUT2D eigenvalue weighted by Gasteiger charge is -2.21. The standard InChI is InChI=1S/C14H17Cl2N3O3/c1-6(2)17-14-18-9-3-7(15)8(16)4-10(9)19(14)13-12(21)11(20)5-22-13/h3-4,6,11-13,20-21H,5H2,1-2H3,(H,17,18)/t11?,12-,13-/m0/s1. The lowest BCUT2D eigenvalue weighted by molar-refractivity contribution is -0.0148. The smallest absolute Gasteiger partial charge is 0.206 e. The van der Waals surface area contributed by atoms with Gasteiger partial charge < -0.3 is 20.3 Å². The summed E-state index contributed by atoms with van der Waals surface area (Å²) in [6, 6.07) is 3.47. The maximum atomic E-state index is 10.2. The van der Waals surface area contributed by atoms with Gasteiger partial charge >= 0.3 is 0 Å². The quantitative estimate of drug-likeness (QED) is 0.795. The van der Waals surface area contributed by atoms with Crippen molar-refractivity contribution in [3.8, 4) is 0 Å². The van der Waals surface area contributed by atoms with Gasteiger partial charge in [0.25, 0.3) is 0 Å². The summed E-state index contributed by atoms with van der Waals surface area (Å²) in [5.41, 5.74) is 1.31. The van der Waals surface area contributed by atoms with Gasteiger partial charge in [0.2, 0.25) is 5.95 Å². The largest absolute Gasteiger partial charge is 0.388 e. The predicted octanol–water partition coefficient (Wildman–Crippen LogP) is 2.41. The first-order chi connectivity index (χ1) is 10.4. The minimum Gasteiger partial charge on any atom is -0.388 e. The summed E-state index contributed by atoms with van der Waals surface area (Å²) >= 11 is 12.1. The molecule has 1 aliphatic rings. The van der Waals surface area contributed by atoms with Crippen LogP contribution in [0.15, 0.2) is 12.1 Å². The molecule has 120 valence electrons. The second kappa shape index (κ2) is 5.86. The maximum absolute atomic E-state index is 10.2. The third kappa shape index (κ3) is 2.66. The number of aliphatic hydroxyl groups is 2. The van der Waals surface area contributed by atoms with E-state index in [-0.39, 0.29) is 12.6 Å². The molecule has 1 aromatic carbocycles. The van der Waals surface area contributed by atoms with Gasteiger partial charge in [-0.1, -0.05) is 23.2 Å². The van der Waals surface area contributed by atoms with E-state index < -0.39 is 18.4 Å². The molecule has 0 radical (unpaired) electrons. The maximum Gasteiger partial charge on any atom is 0.206 e. The zero-order valence-electron chi connectivity index (χ0n) is 12.1. The Morgan fingerprint density at radius 1 is 1.32 bits per heavy atom. The van der Waals surface area contributed by atoms with Crippen LogP contribution in [0.4, 0.5) is 5.95 Å². The molecule has 2 heterocycles. The molecule has 0 spiro atoms. The topological polar surface area (TPSA) is 79.5 Å². The van der Waals surface area contributed by atoms with Gasteiger partial charge in [-0.15, -0.1) is 0 Å². The van der Waals surface area contributed by atoms with Crippen molar-refractivity contribution in [1.82, 2.24) is 9.55 Å². The van der Waals surface area contributed by atoms with Crippen molar-refractivity contribution >= 4 is 40.2 Å². The summed E-state index contributed by atoms with van der Waals surface area (Å²) in [6.07, 6.45) is -2.71. The van der Waals surface area contributed by atoms with Gasteiger partial charge in [-0.05, 0) is 26.0 Å². The molecule has 1 unspecified atom stereocenters. The van der Waals surface area contributed by atoms with Crippen molar-refractivity contribution in [2.24, 2.45) is 0 Å². The Hall–Kier alpha value is -1.05. The van der Waals surface area contributed by atoms with Crippen LogP contribution in [0.3, 0.4) is 0 Å². The average molecular weight is 346 g/mol. The molecule has 6 nitrogen and oxygen atoms in total. The van der Waals surface area contributed by atoms with Gasteiger partial charge in [-0.2, -0.15) is 0 Å². The number of benzene rings is 1. The molecule has 8 heteroatoms. The molecule has 0 aliphatic carbocycles. The minimum atomic E-state index is -1.04. The minimum absolute atomic E-state index is 0.0634. The van der Waals surface area contributed by atoms with Crippen molar-refractivity contribution in [2.45, 2.75) is 38.3 Å². The van der Waals surface area contributed by atoms with Crippen LogP contribution in [-0.2, 0) is 4.74 Å². The zero-order chi connectivity index (χ0) is 16.0. The summed E-state index contributed by atoms with van der Waals surface area (Å²) in [7, 11) is 0. The lowest BCUT2D eigenvalue weighted by atomic mass is 10.2. The summed E-state index contributed by atoms with van der Waals surface area (Å²) < 4.78 is 7.24. The van der Waals surface area contributed by atoms with Crippen LogP contribution >= 0.6 is 23.2 Å². The molecule has 3 atom stereocenters. The number of aromatic nitrogens is 2. The van der Waals surface area contributed by atoms with Crippen molar-refractivity contribution in [1.29, 1.82) is 0 Å². The summed E-state index contributed by atoms with van der Waals surface area (Å²) in [6.45, 7) is 4.02. The van der Waals surface area contributed by atoms with Crippen LogP contribution < -0.4 is 5.32 Å². The fraction of sp³-hybridized carbons (Fsp3) is 0.500. The second-order valence-electron chi connectivity index (χ2n) is 5.64. The van der Waals surface area contributed by atoms with E-state index in [1.807, 2.05) is 13.8 Å². The van der Waals surface area contributed by atoms with Crippen molar-refractivity contribution < 1.29 is 14.9 Å². The molecule has 0 bridgehead atoms. The van der Waals surface area contributed by atoms with E-state index >= 15 is 0 Å². The number of aliphatic hydroxyl groups excluding tert-OH is 2. The van der Waals surface area contributed by atoms with E-state index in [0.717, 1.165) is 0 Å². The lowest BCUT2D eigenvalue weighted by Crippen LogP contribution is -2.29. The highest BCUT2D eigenvalue weighted by Crippen LogP contribution is 2.35. The fourth-order valence-corrected chi connectivity index (χ4v) is 2.84. The van der Waals surface area contributed by atoms with E-state index in [1.54, 1.807) is 16.7 Å². The average Bonchev–Trinajstić information content (AvgIpc) is 2.92. The molecule has 1 saturated heterocycles. The number of hydrogen-bond donors (Lipinski definition) is 3. The molecule has 0 amide bonds. The van der Waals surface area contributed by atoms with Crippen LogP contribution in [0, 0.1) is 0 Å². The van der Waals surface area contributed by atoms with E-state index in [4.69, 9.17) is 27.9 Å². The molecule has 0 saturated carbocycles. The number of rotatable bonds is 3. The Labute approximate surface area is 137 Å². The number of halogens is 2. The number of fused-ring (bicyclic) bond motifs is 1. The predicted molar refractivity (Wildman–Crippen MR) is 85.5 cm³/mol. The van der Waals surface area contributed by atoms with Gasteiger partial charge in [0, 0.05) is 6.04 Å². The van der Waals surface area contributed by atoms with Gasteiger partial charge in [-0.3, -0.25) is 4.57 Å². The molecule has 3 rings (SSSR count). The first-order valence-electron chi connectivity index (χ1n) is 6.99. The third-order valence-electron chi connectivity index (χ3n) is 3.53.